The summed E-state index contributed by atoms with van der Waals surface area (Å²) in [4.78, 5) is 24.1. The molecule has 1 aromatic heterocycles. The van der Waals surface area contributed by atoms with Crippen molar-refractivity contribution < 1.29 is 14.0 Å². The van der Waals surface area contributed by atoms with Crippen LogP contribution in [0.1, 0.15) is 16.8 Å². The summed E-state index contributed by atoms with van der Waals surface area (Å²) in [6.07, 6.45) is -0.345. The van der Waals surface area contributed by atoms with Gasteiger partial charge < -0.3 is 9.73 Å². The predicted molar refractivity (Wildman–Crippen MR) is 94.5 cm³/mol. The summed E-state index contributed by atoms with van der Waals surface area (Å²) in [6, 6.07) is 19.4. The summed E-state index contributed by atoms with van der Waals surface area (Å²) in [5.74, 6) is -1.02. The topological polar surface area (TPSA) is 107 Å². The molecule has 0 aliphatic rings. The number of fused-ring (bicyclic) bond motifs is 1. The first-order valence-electron chi connectivity index (χ1n) is 7.76. The van der Waals surface area contributed by atoms with Crippen molar-refractivity contribution >= 4 is 28.5 Å². The monoisotopic (exact) mass is 346 g/mol. The third-order valence-corrected chi connectivity index (χ3v) is 3.45. The lowest BCUT2D eigenvalue weighted by atomic mass is 10.1. The number of hydrogen-bond donors (Lipinski definition) is 2. The highest BCUT2D eigenvalue weighted by Crippen LogP contribution is 2.14. The number of benzene rings is 2. The van der Waals surface area contributed by atoms with E-state index in [1.54, 1.807) is 54.6 Å². The van der Waals surface area contributed by atoms with Crippen LogP contribution in [-0.4, -0.2) is 11.8 Å². The number of amides is 2. The van der Waals surface area contributed by atoms with E-state index < -0.39 is 11.8 Å². The molecule has 0 bridgehead atoms. The first-order chi connectivity index (χ1) is 12.7. The van der Waals surface area contributed by atoms with Crippen molar-refractivity contribution in [2.45, 2.75) is 6.42 Å². The first kappa shape index (κ1) is 16.9. The minimum absolute atomic E-state index is 0.0524. The maximum absolute atomic E-state index is 12.7. The maximum atomic E-state index is 12.7. The van der Waals surface area contributed by atoms with Crippen LogP contribution in [-0.2, 0) is 4.79 Å². The average Bonchev–Trinajstić information content (AvgIpc) is 2.66. The SMILES string of the molecule is N#CCC(=O)N/N=c1\oc2ccccc2cc1C(=O)Nc1ccccc1. The molecule has 128 valence electrons. The highest BCUT2D eigenvalue weighted by Gasteiger charge is 2.13. The number of anilines is 1. The number of nitrogens with zero attached hydrogens (tertiary/aromatic N) is 2. The number of nitriles is 1. The van der Waals surface area contributed by atoms with Gasteiger partial charge in [-0.1, -0.05) is 36.4 Å². The van der Waals surface area contributed by atoms with E-state index in [1.165, 1.54) is 0 Å². The third-order valence-electron chi connectivity index (χ3n) is 3.45. The van der Waals surface area contributed by atoms with E-state index in [2.05, 4.69) is 15.8 Å². The third kappa shape index (κ3) is 3.94. The summed E-state index contributed by atoms with van der Waals surface area (Å²) in [5, 5.41) is 15.9. The lowest BCUT2D eigenvalue weighted by Gasteiger charge is -2.06. The molecule has 2 amide bonds. The molecular weight excluding hydrogens is 332 g/mol. The highest BCUT2D eigenvalue weighted by atomic mass is 16.3. The lowest BCUT2D eigenvalue weighted by Crippen LogP contribution is -2.26. The fourth-order valence-electron chi connectivity index (χ4n) is 2.26. The quantitative estimate of drug-likeness (QED) is 0.708. The molecule has 0 unspecified atom stereocenters. The van der Waals surface area contributed by atoms with E-state index in [9.17, 15) is 9.59 Å². The van der Waals surface area contributed by atoms with Gasteiger partial charge in [0.05, 0.1) is 6.07 Å². The largest absolute Gasteiger partial charge is 0.436 e. The van der Waals surface area contributed by atoms with Crippen molar-refractivity contribution in [1.82, 2.24) is 5.43 Å². The smallest absolute Gasteiger partial charge is 0.261 e. The van der Waals surface area contributed by atoms with Crippen molar-refractivity contribution in [3.63, 3.8) is 0 Å². The number of hydrogen-bond acceptors (Lipinski definition) is 5. The minimum atomic E-state index is -0.592. The molecule has 7 nitrogen and oxygen atoms in total. The van der Waals surface area contributed by atoms with E-state index >= 15 is 0 Å². The van der Waals surface area contributed by atoms with Gasteiger partial charge in [-0.2, -0.15) is 5.26 Å². The van der Waals surface area contributed by atoms with Gasteiger partial charge in [0, 0.05) is 11.1 Å². The van der Waals surface area contributed by atoms with Crippen molar-refractivity contribution in [3.05, 3.63) is 71.8 Å². The number of carbonyl (C=O) groups excluding carboxylic acids is 2. The molecule has 2 aromatic carbocycles. The van der Waals surface area contributed by atoms with E-state index in [1.807, 2.05) is 12.1 Å². The fraction of sp³-hybridized carbons (Fsp3) is 0.0526. The van der Waals surface area contributed by atoms with Crippen molar-refractivity contribution in [1.29, 1.82) is 5.26 Å². The molecule has 2 N–H and O–H groups in total. The lowest BCUT2D eigenvalue weighted by molar-refractivity contribution is -0.120. The maximum Gasteiger partial charge on any atom is 0.261 e. The van der Waals surface area contributed by atoms with Crippen LogP contribution < -0.4 is 16.3 Å². The molecule has 3 rings (SSSR count). The van der Waals surface area contributed by atoms with Gasteiger partial charge in [-0.15, -0.1) is 5.10 Å². The Morgan fingerprint density at radius 1 is 1.08 bits per heavy atom. The zero-order chi connectivity index (χ0) is 18.4. The zero-order valence-electron chi connectivity index (χ0n) is 13.6. The number of rotatable bonds is 4. The molecule has 1 heterocycles. The van der Waals surface area contributed by atoms with Gasteiger partial charge in [-0.05, 0) is 24.3 Å². The van der Waals surface area contributed by atoms with Gasteiger partial charge in [0.1, 0.15) is 17.6 Å². The number of para-hydroxylation sites is 2. The van der Waals surface area contributed by atoms with E-state index in [-0.39, 0.29) is 17.5 Å². The molecule has 7 heteroatoms. The van der Waals surface area contributed by atoms with E-state index in [0.717, 1.165) is 0 Å². The summed E-state index contributed by atoms with van der Waals surface area (Å²) in [5.41, 5.74) is 3.45. The second kappa shape index (κ2) is 7.77. The fourth-order valence-corrected chi connectivity index (χ4v) is 2.26. The Kier molecular flexibility index (Phi) is 5.05. The summed E-state index contributed by atoms with van der Waals surface area (Å²) >= 11 is 0. The van der Waals surface area contributed by atoms with Crippen LogP contribution in [0.4, 0.5) is 5.69 Å². The van der Waals surface area contributed by atoms with Gasteiger partial charge in [-0.3, -0.25) is 9.59 Å². The van der Waals surface area contributed by atoms with Gasteiger partial charge in [0.15, 0.2) is 0 Å². The minimum Gasteiger partial charge on any atom is -0.436 e. The van der Waals surface area contributed by atoms with Crippen LogP contribution in [0.25, 0.3) is 11.0 Å². The Morgan fingerprint density at radius 2 is 1.81 bits per heavy atom. The van der Waals surface area contributed by atoms with Crippen LogP contribution in [0.3, 0.4) is 0 Å². The van der Waals surface area contributed by atoms with Crippen molar-refractivity contribution in [2.24, 2.45) is 5.10 Å². The second-order valence-electron chi connectivity index (χ2n) is 5.30. The Balaban J connectivity index is 2.02. The van der Waals surface area contributed by atoms with E-state index in [4.69, 9.17) is 9.68 Å². The Bertz CT molecular complexity index is 1070. The van der Waals surface area contributed by atoms with Gasteiger partial charge in [0.25, 0.3) is 11.8 Å². The number of nitrogens with one attached hydrogen (secondary N) is 2. The Labute approximate surface area is 148 Å². The summed E-state index contributed by atoms with van der Waals surface area (Å²) in [6.45, 7) is 0. The molecule has 0 saturated carbocycles. The Hall–Kier alpha value is -3.92. The molecule has 0 spiro atoms. The van der Waals surface area contributed by atoms with Crippen molar-refractivity contribution in [2.75, 3.05) is 5.32 Å². The molecule has 0 aliphatic heterocycles. The predicted octanol–water partition coefficient (Wildman–Crippen LogP) is 2.53. The van der Waals surface area contributed by atoms with Crippen LogP contribution in [0, 0.1) is 11.3 Å². The van der Waals surface area contributed by atoms with Crippen LogP contribution in [0.15, 0.2) is 70.2 Å². The number of carbonyl (C=O) groups is 2. The molecule has 0 radical (unpaired) electrons. The van der Waals surface area contributed by atoms with Gasteiger partial charge in [-0.25, -0.2) is 5.43 Å². The van der Waals surface area contributed by atoms with Gasteiger partial charge >= 0.3 is 0 Å². The zero-order valence-corrected chi connectivity index (χ0v) is 13.6. The standard InChI is InChI=1S/C19H14N4O3/c20-11-10-17(24)22-23-19-15(12-13-6-4-5-9-16(13)26-19)18(25)21-14-7-2-1-3-8-14/h1-9,12H,10H2,(H,21,25)(H,22,24)/b23-19-. The molecule has 0 atom stereocenters. The average molecular weight is 346 g/mol. The van der Waals surface area contributed by atoms with Crippen LogP contribution >= 0.6 is 0 Å². The second-order valence-corrected chi connectivity index (χ2v) is 5.30. The van der Waals surface area contributed by atoms with Crippen LogP contribution in [0.2, 0.25) is 0 Å². The normalized spacial score (nSPS) is 11.0. The highest BCUT2D eigenvalue weighted by molar-refractivity contribution is 6.05. The molecule has 0 fully saturated rings. The van der Waals surface area contributed by atoms with Crippen molar-refractivity contribution in [3.8, 4) is 6.07 Å². The first-order valence-corrected chi connectivity index (χ1v) is 7.76. The molecule has 26 heavy (non-hydrogen) atoms. The van der Waals surface area contributed by atoms with Gasteiger partial charge in [0.2, 0.25) is 5.55 Å². The summed E-state index contributed by atoms with van der Waals surface area (Å²) < 4.78 is 5.66. The molecular formula is C19H14N4O3. The molecule has 0 saturated heterocycles. The molecule has 3 aromatic rings. The van der Waals surface area contributed by atoms with Crippen LogP contribution in [0.5, 0.6) is 0 Å². The van der Waals surface area contributed by atoms with E-state index in [0.29, 0.717) is 16.7 Å². The Morgan fingerprint density at radius 3 is 2.58 bits per heavy atom. The summed E-state index contributed by atoms with van der Waals surface area (Å²) in [7, 11) is 0. The molecule has 0 aliphatic carbocycles.